The highest BCUT2D eigenvalue weighted by atomic mass is 16.6. The first-order valence-electron chi connectivity index (χ1n) is 12.0. The molecule has 3 aromatic carbocycles. The fourth-order valence-corrected chi connectivity index (χ4v) is 4.58. The van der Waals surface area contributed by atoms with Crippen LogP contribution in [-0.2, 0) is 4.84 Å². The number of oxime groups is 1. The topological polar surface area (TPSA) is 52.3 Å². The Hall–Kier alpha value is -3.73. The fraction of sp³-hybridized carbons (Fsp3) is 0.276. The Bertz CT molecular complexity index is 1280. The van der Waals surface area contributed by atoms with Crippen molar-refractivity contribution in [2.45, 2.75) is 52.1 Å². The van der Waals surface area contributed by atoms with E-state index in [1.165, 1.54) is 11.1 Å². The van der Waals surface area contributed by atoms with Gasteiger partial charge in [-0.1, -0.05) is 112 Å². The number of hydrogen-bond donors (Lipinski definition) is 0. The maximum atomic E-state index is 5.87. The van der Waals surface area contributed by atoms with Crippen LogP contribution in [0.4, 0.5) is 0 Å². The second kappa shape index (κ2) is 9.26. The summed E-state index contributed by atoms with van der Waals surface area (Å²) < 4.78 is 2.20. The minimum atomic E-state index is -0.119. The molecule has 0 amide bonds. The van der Waals surface area contributed by atoms with Crippen LogP contribution in [0, 0.1) is 0 Å². The molecule has 1 unspecified atom stereocenters. The Kier molecular flexibility index (Phi) is 6.01. The zero-order chi connectivity index (χ0) is 23.7. The molecule has 4 aromatic rings. The smallest absolute Gasteiger partial charge is 0.186 e. The molecule has 0 saturated carbocycles. The average molecular weight is 451 g/mol. The van der Waals surface area contributed by atoms with Crippen molar-refractivity contribution < 1.29 is 4.84 Å². The molecule has 0 aliphatic carbocycles. The Morgan fingerprint density at radius 1 is 0.735 bits per heavy atom. The molecule has 0 radical (unpaired) electrons. The predicted octanol–water partition coefficient (Wildman–Crippen LogP) is 7.05. The third-order valence-corrected chi connectivity index (χ3v) is 6.36. The molecule has 2 heterocycles. The summed E-state index contributed by atoms with van der Waals surface area (Å²) in [6.45, 7) is 8.93. The van der Waals surface area contributed by atoms with Crippen molar-refractivity contribution in [2.75, 3.05) is 0 Å². The van der Waals surface area contributed by atoms with E-state index < -0.39 is 0 Å². The van der Waals surface area contributed by atoms with E-state index in [4.69, 9.17) is 4.84 Å². The fourth-order valence-electron chi connectivity index (χ4n) is 4.58. The molecule has 1 aliphatic rings. The maximum absolute atomic E-state index is 5.87. The van der Waals surface area contributed by atoms with Gasteiger partial charge in [-0.25, -0.2) is 0 Å². The monoisotopic (exact) mass is 450 g/mol. The molecule has 0 spiro atoms. The van der Waals surface area contributed by atoms with E-state index >= 15 is 0 Å². The second-order valence-corrected chi connectivity index (χ2v) is 9.39. The van der Waals surface area contributed by atoms with Gasteiger partial charge in [0.05, 0.1) is 5.69 Å². The van der Waals surface area contributed by atoms with Gasteiger partial charge < -0.3 is 4.84 Å². The van der Waals surface area contributed by atoms with Crippen LogP contribution in [0.25, 0.3) is 17.1 Å². The standard InChI is InChI=1S/C29H30N4O/c1-19(2)23-16-11-17-24(20(3)4)27(23)33-28(22-14-9-6-10-15-22)30-31-29(33)25-18-26(34-32-25)21-12-7-5-8-13-21/h5-17,19-20,26H,18H2,1-4H3. The van der Waals surface area contributed by atoms with Crippen molar-refractivity contribution in [1.29, 1.82) is 0 Å². The minimum absolute atomic E-state index is 0.119. The van der Waals surface area contributed by atoms with Crippen molar-refractivity contribution in [3.05, 3.63) is 101 Å². The zero-order valence-corrected chi connectivity index (χ0v) is 20.1. The molecular weight excluding hydrogens is 420 g/mol. The highest BCUT2D eigenvalue weighted by molar-refractivity contribution is 5.99. The zero-order valence-electron chi connectivity index (χ0n) is 20.1. The SMILES string of the molecule is CC(C)c1cccc(C(C)C)c1-n1c(C2=NOC(c3ccccc3)C2)nnc1-c1ccccc1. The van der Waals surface area contributed by atoms with Crippen LogP contribution in [0.3, 0.4) is 0 Å². The summed E-state index contributed by atoms with van der Waals surface area (Å²) >= 11 is 0. The Morgan fingerprint density at radius 3 is 1.94 bits per heavy atom. The lowest BCUT2D eigenvalue weighted by molar-refractivity contribution is 0.0857. The largest absolute Gasteiger partial charge is 0.387 e. The van der Waals surface area contributed by atoms with Crippen LogP contribution < -0.4 is 0 Å². The molecule has 1 atom stereocenters. The van der Waals surface area contributed by atoms with Gasteiger partial charge in [0.2, 0.25) is 0 Å². The summed E-state index contributed by atoms with van der Waals surface area (Å²) in [5, 5.41) is 13.9. The lowest BCUT2D eigenvalue weighted by Crippen LogP contribution is -2.15. The van der Waals surface area contributed by atoms with Gasteiger partial charge >= 0.3 is 0 Å². The van der Waals surface area contributed by atoms with Crippen molar-refractivity contribution >= 4 is 5.71 Å². The van der Waals surface area contributed by atoms with Crippen molar-refractivity contribution in [3.8, 4) is 17.1 Å². The molecule has 0 N–H and O–H groups in total. The van der Waals surface area contributed by atoms with Gasteiger partial charge in [0.1, 0.15) is 5.71 Å². The number of nitrogens with zero attached hydrogens (tertiary/aromatic N) is 4. The van der Waals surface area contributed by atoms with Gasteiger partial charge in [-0.2, -0.15) is 0 Å². The second-order valence-electron chi connectivity index (χ2n) is 9.39. The van der Waals surface area contributed by atoms with Gasteiger partial charge in [-0.15, -0.1) is 10.2 Å². The van der Waals surface area contributed by atoms with Crippen LogP contribution >= 0.6 is 0 Å². The predicted molar refractivity (Wildman–Crippen MR) is 136 cm³/mol. The van der Waals surface area contributed by atoms with Crippen molar-refractivity contribution in [3.63, 3.8) is 0 Å². The van der Waals surface area contributed by atoms with Crippen LogP contribution in [-0.4, -0.2) is 20.5 Å². The number of para-hydroxylation sites is 1. The number of rotatable bonds is 6. The summed E-state index contributed by atoms with van der Waals surface area (Å²) in [6, 6.07) is 27.1. The van der Waals surface area contributed by atoms with Crippen molar-refractivity contribution in [1.82, 2.24) is 14.8 Å². The van der Waals surface area contributed by atoms with Gasteiger partial charge in [-0.3, -0.25) is 4.57 Å². The summed E-state index contributed by atoms with van der Waals surface area (Å²) in [5.74, 6) is 2.24. The summed E-state index contributed by atoms with van der Waals surface area (Å²) in [4.78, 5) is 5.87. The molecule has 0 fully saturated rings. The number of benzene rings is 3. The lowest BCUT2D eigenvalue weighted by Gasteiger charge is -2.22. The molecule has 172 valence electrons. The van der Waals surface area contributed by atoms with Gasteiger partial charge in [0.15, 0.2) is 17.8 Å². The number of aromatic nitrogens is 3. The third-order valence-electron chi connectivity index (χ3n) is 6.36. The van der Waals surface area contributed by atoms with E-state index in [-0.39, 0.29) is 6.10 Å². The molecule has 1 aromatic heterocycles. The van der Waals surface area contributed by atoms with E-state index in [9.17, 15) is 0 Å². The molecule has 5 heteroatoms. The third kappa shape index (κ3) is 4.03. The van der Waals surface area contributed by atoms with Crippen LogP contribution in [0.15, 0.2) is 84.0 Å². The molecule has 5 rings (SSSR count). The first-order valence-corrected chi connectivity index (χ1v) is 12.0. The molecule has 34 heavy (non-hydrogen) atoms. The average Bonchev–Trinajstić information content (AvgIpc) is 3.52. The van der Waals surface area contributed by atoms with E-state index in [1.807, 2.05) is 36.4 Å². The highest BCUT2D eigenvalue weighted by Crippen LogP contribution is 2.36. The number of hydrogen-bond acceptors (Lipinski definition) is 4. The molecular formula is C29H30N4O. The Balaban J connectivity index is 1.69. The molecule has 0 bridgehead atoms. The highest BCUT2D eigenvalue weighted by Gasteiger charge is 2.31. The molecule has 1 aliphatic heterocycles. The van der Waals surface area contributed by atoms with E-state index in [1.54, 1.807) is 0 Å². The Morgan fingerprint density at radius 2 is 1.32 bits per heavy atom. The van der Waals surface area contributed by atoms with Crippen LogP contribution in [0.1, 0.15) is 74.6 Å². The normalized spacial score (nSPS) is 15.6. The minimum Gasteiger partial charge on any atom is -0.387 e. The summed E-state index contributed by atoms with van der Waals surface area (Å²) in [5.41, 5.74) is 6.64. The molecule has 0 saturated heterocycles. The first kappa shape index (κ1) is 22.1. The van der Waals surface area contributed by atoms with Crippen LogP contribution in [0.2, 0.25) is 0 Å². The van der Waals surface area contributed by atoms with E-state index in [0.717, 1.165) is 34.2 Å². The maximum Gasteiger partial charge on any atom is 0.186 e. The van der Waals surface area contributed by atoms with E-state index in [0.29, 0.717) is 18.3 Å². The van der Waals surface area contributed by atoms with Gasteiger partial charge in [0, 0.05) is 12.0 Å². The summed E-state index contributed by atoms with van der Waals surface area (Å²) in [6.07, 6.45) is 0.532. The Labute approximate surface area is 201 Å². The van der Waals surface area contributed by atoms with E-state index in [2.05, 4.69) is 90.1 Å². The quantitative estimate of drug-likeness (QED) is 0.316. The summed E-state index contributed by atoms with van der Waals surface area (Å²) in [7, 11) is 0. The molecule has 5 nitrogen and oxygen atoms in total. The van der Waals surface area contributed by atoms with Gasteiger partial charge in [0.25, 0.3) is 0 Å². The van der Waals surface area contributed by atoms with Crippen LogP contribution in [0.5, 0.6) is 0 Å². The first-order chi connectivity index (χ1) is 16.5. The van der Waals surface area contributed by atoms with Crippen molar-refractivity contribution in [2.24, 2.45) is 5.16 Å². The lowest BCUT2D eigenvalue weighted by atomic mass is 9.92. The van der Waals surface area contributed by atoms with Gasteiger partial charge in [-0.05, 0) is 28.5 Å².